The van der Waals surface area contributed by atoms with Crippen LogP contribution in [0.4, 0.5) is 0 Å². The zero-order chi connectivity index (χ0) is 16.5. The lowest BCUT2D eigenvalue weighted by Crippen LogP contribution is -2.24. The molecule has 0 radical (unpaired) electrons. The van der Waals surface area contributed by atoms with Gasteiger partial charge in [-0.2, -0.15) is 0 Å². The molecule has 2 N–H and O–H groups in total. The molecule has 1 fully saturated rings. The van der Waals surface area contributed by atoms with Crippen molar-refractivity contribution in [2.75, 3.05) is 33.4 Å². The summed E-state index contributed by atoms with van der Waals surface area (Å²) in [5.41, 5.74) is 2.14. The fraction of sp³-hybridized carbons (Fsp3) is 0.611. The van der Waals surface area contributed by atoms with E-state index < -0.39 is 0 Å². The van der Waals surface area contributed by atoms with Gasteiger partial charge in [-0.25, -0.2) is 0 Å². The predicted molar refractivity (Wildman–Crippen MR) is 97.9 cm³/mol. The SMILES string of the molecule is COCCOc1cc(C)ccc1CNC(=O)CCC1CCNC1.Cl. The molecule has 24 heavy (non-hydrogen) atoms. The van der Waals surface area contributed by atoms with Crippen molar-refractivity contribution in [3.63, 3.8) is 0 Å². The molecule has 0 saturated carbocycles. The molecule has 1 heterocycles. The lowest BCUT2D eigenvalue weighted by atomic mass is 10.0. The molecule has 0 spiro atoms. The number of carbonyl (C=O) groups is 1. The zero-order valence-corrected chi connectivity index (χ0v) is 15.4. The topological polar surface area (TPSA) is 59.6 Å². The van der Waals surface area contributed by atoms with Crippen LogP contribution in [-0.4, -0.2) is 39.3 Å². The number of hydrogen-bond donors (Lipinski definition) is 2. The maximum atomic E-state index is 12.0. The number of ether oxygens (including phenoxy) is 2. The highest BCUT2D eigenvalue weighted by Gasteiger charge is 2.15. The number of halogens is 1. The van der Waals surface area contributed by atoms with Crippen LogP contribution in [0.3, 0.4) is 0 Å². The highest BCUT2D eigenvalue weighted by atomic mass is 35.5. The number of benzene rings is 1. The smallest absolute Gasteiger partial charge is 0.220 e. The zero-order valence-electron chi connectivity index (χ0n) is 14.6. The maximum absolute atomic E-state index is 12.0. The van der Waals surface area contributed by atoms with E-state index in [1.54, 1.807) is 7.11 Å². The molecule has 1 saturated heterocycles. The van der Waals surface area contributed by atoms with E-state index in [-0.39, 0.29) is 18.3 Å². The fourth-order valence-corrected chi connectivity index (χ4v) is 2.76. The van der Waals surface area contributed by atoms with E-state index in [9.17, 15) is 4.79 Å². The van der Waals surface area contributed by atoms with E-state index in [0.29, 0.717) is 32.1 Å². The van der Waals surface area contributed by atoms with Crippen molar-refractivity contribution in [2.24, 2.45) is 5.92 Å². The molecule has 0 aliphatic carbocycles. The monoisotopic (exact) mass is 356 g/mol. The predicted octanol–water partition coefficient (Wildman–Crippen LogP) is 2.45. The van der Waals surface area contributed by atoms with Gasteiger partial charge in [-0.3, -0.25) is 4.79 Å². The third kappa shape index (κ3) is 7.07. The van der Waals surface area contributed by atoms with Crippen LogP contribution in [0.2, 0.25) is 0 Å². The van der Waals surface area contributed by atoms with Crippen molar-refractivity contribution in [3.8, 4) is 5.75 Å². The lowest BCUT2D eigenvalue weighted by molar-refractivity contribution is -0.121. The Bertz CT molecular complexity index is 505. The first-order chi connectivity index (χ1) is 11.2. The summed E-state index contributed by atoms with van der Waals surface area (Å²) in [5.74, 6) is 1.58. The van der Waals surface area contributed by atoms with E-state index in [0.717, 1.165) is 36.4 Å². The van der Waals surface area contributed by atoms with E-state index in [2.05, 4.69) is 10.6 Å². The summed E-state index contributed by atoms with van der Waals surface area (Å²) in [5, 5.41) is 6.34. The third-order valence-corrected chi connectivity index (χ3v) is 4.19. The molecule has 1 atom stereocenters. The van der Waals surface area contributed by atoms with Gasteiger partial charge in [0.1, 0.15) is 12.4 Å². The van der Waals surface area contributed by atoms with Crippen molar-refractivity contribution in [2.45, 2.75) is 32.7 Å². The van der Waals surface area contributed by atoms with Crippen LogP contribution in [0, 0.1) is 12.8 Å². The second kappa shape index (κ2) is 11.3. The Balaban J connectivity index is 0.00000288. The highest BCUT2D eigenvalue weighted by Crippen LogP contribution is 2.20. The van der Waals surface area contributed by atoms with Gasteiger partial charge in [-0.1, -0.05) is 12.1 Å². The van der Waals surface area contributed by atoms with Crippen LogP contribution in [0.25, 0.3) is 0 Å². The second-order valence-electron chi connectivity index (χ2n) is 6.13. The Hall–Kier alpha value is -1.30. The Morgan fingerprint density at radius 2 is 2.21 bits per heavy atom. The highest BCUT2D eigenvalue weighted by molar-refractivity contribution is 5.85. The lowest BCUT2D eigenvalue weighted by Gasteiger charge is -2.13. The quantitative estimate of drug-likeness (QED) is 0.667. The molecule has 1 amide bonds. The Morgan fingerprint density at radius 3 is 2.92 bits per heavy atom. The van der Waals surface area contributed by atoms with E-state index >= 15 is 0 Å². The van der Waals surface area contributed by atoms with E-state index in [1.165, 1.54) is 6.42 Å². The van der Waals surface area contributed by atoms with E-state index in [1.807, 2.05) is 25.1 Å². The largest absolute Gasteiger partial charge is 0.491 e. The van der Waals surface area contributed by atoms with Gasteiger partial charge in [0.2, 0.25) is 5.91 Å². The first-order valence-corrected chi connectivity index (χ1v) is 8.37. The number of nitrogens with one attached hydrogen (secondary N) is 2. The molecule has 2 rings (SSSR count). The van der Waals surface area contributed by atoms with Gasteiger partial charge in [-0.15, -0.1) is 12.4 Å². The van der Waals surface area contributed by atoms with E-state index in [4.69, 9.17) is 9.47 Å². The summed E-state index contributed by atoms with van der Waals surface area (Å²) in [4.78, 5) is 12.0. The molecule has 1 aromatic rings. The summed E-state index contributed by atoms with van der Waals surface area (Å²) in [7, 11) is 1.65. The average Bonchev–Trinajstić information content (AvgIpc) is 3.06. The van der Waals surface area contributed by atoms with Crippen LogP contribution in [0.15, 0.2) is 18.2 Å². The number of rotatable bonds is 9. The molecule has 136 valence electrons. The Morgan fingerprint density at radius 1 is 1.38 bits per heavy atom. The summed E-state index contributed by atoms with van der Waals surface area (Å²) < 4.78 is 10.8. The number of carbonyl (C=O) groups excluding carboxylic acids is 1. The van der Waals surface area contributed by atoms with Gasteiger partial charge in [0.25, 0.3) is 0 Å². The number of amides is 1. The molecule has 1 aromatic carbocycles. The molecule has 5 nitrogen and oxygen atoms in total. The first kappa shape index (κ1) is 20.7. The van der Waals surface area contributed by atoms with Crippen molar-refractivity contribution >= 4 is 18.3 Å². The van der Waals surface area contributed by atoms with Gasteiger partial charge in [0.15, 0.2) is 0 Å². The summed E-state index contributed by atoms with van der Waals surface area (Å²) in [6.07, 6.45) is 2.74. The van der Waals surface area contributed by atoms with Gasteiger partial charge in [-0.05, 0) is 50.4 Å². The molecule has 1 aliphatic rings. The summed E-state index contributed by atoms with van der Waals surface area (Å²) in [6.45, 7) is 5.72. The Labute approximate surface area is 150 Å². The number of aryl methyl sites for hydroxylation is 1. The van der Waals surface area contributed by atoms with Crippen LogP contribution in [0.1, 0.15) is 30.4 Å². The maximum Gasteiger partial charge on any atom is 0.220 e. The number of hydrogen-bond acceptors (Lipinski definition) is 4. The van der Waals surface area contributed by atoms with Crippen LogP contribution in [0.5, 0.6) is 5.75 Å². The van der Waals surface area contributed by atoms with Crippen molar-refractivity contribution in [1.82, 2.24) is 10.6 Å². The van der Waals surface area contributed by atoms with Gasteiger partial charge >= 0.3 is 0 Å². The van der Waals surface area contributed by atoms with Crippen molar-refractivity contribution < 1.29 is 14.3 Å². The first-order valence-electron chi connectivity index (χ1n) is 8.37. The minimum atomic E-state index is 0. The molecular formula is C18H29ClN2O3. The summed E-state index contributed by atoms with van der Waals surface area (Å²) >= 11 is 0. The minimum absolute atomic E-state index is 0. The van der Waals surface area contributed by atoms with Gasteiger partial charge in [0.05, 0.1) is 6.61 Å². The van der Waals surface area contributed by atoms with Crippen LogP contribution >= 0.6 is 12.4 Å². The van der Waals surface area contributed by atoms with Crippen molar-refractivity contribution in [1.29, 1.82) is 0 Å². The number of methoxy groups -OCH3 is 1. The standard InChI is InChI=1S/C18H28N2O3.ClH/c1-14-3-5-16(17(11-14)23-10-9-22-2)13-20-18(21)6-4-15-7-8-19-12-15;/h3,5,11,15,19H,4,6-10,12-13H2,1-2H3,(H,20,21);1H. The normalized spacial score (nSPS) is 16.5. The average molecular weight is 357 g/mol. The molecule has 0 bridgehead atoms. The Kier molecular flexibility index (Phi) is 9.76. The van der Waals surface area contributed by atoms with Crippen LogP contribution < -0.4 is 15.4 Å². The molecular weight excluding hydrogens is 328 g/mol. The van der Waals surface area contributed by atoms with Gasteiger partial charge in [0, 0.05) is 25.6 Å². The molecule has 1 unspecified atom stereocenters. The second-order valence-corrected chi connectivity index (χ2v) is 6.13. The van der Waals surface area contributed by atoms with Crippen LogP contribution in [-0.2, 0) is 16.1 Å². The third-order valence-electron chi connectivity index (χ3n) is 4.19. The van der Waals surface area contributed by atoms with Gasteiger partial charge < -0.3 is 20.1 Å². The van der Waals surface area contributed by atoms with Crippen molar-refractivity contribution in [3.05, 3.63) is 29.3 Å². The summed E-state index contributed by atoms with van der Waals surface area (Å²) in [6, 6.07) is 6.05. The molecule has 0 aromatic heterocycles. The molecule has 6 heteroatoms. The fourth-order valence-electron chi connectivity index (χ4n) is 2.76. The minimum Gasteiger partial charge on any atom is -0.491 e. The molecule has 1 aliphatic heterocycles.